The zero-order valence-corrected chi connectivity index (χ0v) is 10.7. The summed E-state index contributed by atoms with van der Waals surface area (Å²) in [4.78, 5) is 22.7. The van der Waals surface area contributed by atoms with Gasteiger partial charge < -0.3 is 9.73 Å². The van der Waals surface area contributed by atoms with Crippen LogP contribution in [0.25, 0.3) is 0 Å². The SMILES string of the molecule is Cc1nn(CC(=O)NCCC2(C)CC2(F)F)c(=O)o1. The Morgan fingerprint density at radius 3 is 2.68 bits per heavy atom. The van der Waals surface area contributed by atoms with Gasteiger partial charge in [0.05, 0.1) is 0 Å². The van der Waals surface area contributed by atoms with Crippen LogP contribution >= 0.6 is 0 Å². The summed E-state index contributed by atoms with van der Waals surface area (Å²) in [6, 6.07) is 0. The highest BCUT2D eigenvalue weighted by Crippen LogP contribution is 2.62. The van der Waals surface area contributed by atoms with Crippen LogP contribution in [-0.4, -0.2) is 28.2 Å². The van der Waals surface area contributed by atoms with Crippen LogP contribution in [0, 0.1) is 12.3 Å². The van der Waals surface area contributed by atoms with Gasteiger partial charge in [0.1, 0.15) is 6.54 Å². The summed E-state index contributed by atoms with van der Waals surface area (Å²) in [5, 5.41) is 6.19. The van der Waals surface area contributed by atoms with Gasteiger partial charge in [0.25, 0.3) is 5.92 Å². The molecule has 19 heavy (non-hydrogen) atoms. The van der Waals surface area contributed by atoms with Gasteiger partial charge in [0.2, 0.25) is 11.8 Å². The quantitative estimate of drug-likeness (QED) is 0.858. The van der Waals surface area contributed by atoms with Gasteiger partial charge in [-0.15, -0.1) is 5.10 Å². The van der Waals surface area contributed by atoms with Crippen LogP contribution < -0.4 is 11.1 Å². The smallest absolute Gasteiger partial charge is 0.393 e. The van der Waals surface area contributed by atoms with Crippen LogP contribution in [0.15, 0.2) is 9.21 Å². The summed E-state index contributed by atoms with van der Waals surface area (Å²) >= 11 is 0. The number of aromatic nitrogens is 2. The molecule has 1 aromatic rings. The molecule has 106 valence electrons. The number of nitrogens with zero attached hydrogens (tertiary/aromatic N) is 2. The van der Waals surface area contributed by atoms with Crippen molar-refractivity contribution in [2.45, 2.75) is 39.2 Å². The van der Waals surface area contributed by atoms with Crippen molar-refractivity contribution in [1.82, 2.24) is 15.1 Å². The standard InChI is InChI=1S/C11H15F2N3O3/c1-7-15-16(9(18)19-7)5-8(17)14-4-3-10(2)6-11(10,12)13/h3-6H2,1-2H3,(H,14,17). The summed E-state index contributed by atoms with van der Waals surface area (Å²) in [7, 11) is 0. The van der Waals surface area contributed by atoms with Crippen molar-refractivity contribution in [1.29, 1.82) is 0 Å². The molecular weight excluding hydrogens is 260 g/mol. The Kier molecular flexibility index (Phi) is 3.19. The lowest BCUT2D eigenvalue weighted by Crippen LogP contribution is -2.33. The van der Waals surface area contributed by atoms with Crippen LogP contribution in [0.2, 0.25) is 0 Å². The van der Waals surface area contributed by atoms with E-state index in [9.17, 15) is 18.4 Å². The first-order chi connectivity index (χ1) is 8.73. The molecule has 0 bridgehead atoms. The molecule has 0 aliphatic heterocycles. The molecule has 1 aromatic heterocycles. The number of aryl methyl sites for hydroxylation is 1. The topological polar surface area (TPSA) is 77.1 Å². The summed E-state index contributed by atoms with van der Waals surface area (Å²) < 4.78 is 31.4. The highest BCUT2D eigenvalue weighted by atomic mass is 19.3. The lowest BCUT2D eigenvalue weighted by atomic mass is 10.1. The Morgan fingerprint density at radius 2 is 2.21 bits per heavy atom. The Balaban J connectivity index is 1.77. The molecule has 1 N–H and O–H groups in total. The molecule has 2 rings (SSSR count). The second kappa shape index (κ2) is 4.43. The third kappa shape index (κ3) is 2.82. The molecule has 0 spiro atoms. The third-order valence-corrected chi connectivity index (χ3v) is 3.37. The molecule has 1 aliphatic carbocycles. The Labute approximate surface area is 107 Å². The third-order valence-electron chi connectivity index (χ3n) is 3.37. The van der Waals surface area contributed by atoms with Crippen LogP contribution in [0.4, 0.5) is 8.78 Å². The number of alkyl halides is 2. The monoisotopic (exact) mass is 275 g/mol. The minimum Gasteiger partial charge on any atom is -0.393 e. The van der Waals surface area contributed by atoms with E-state index in [4.69, 9.17) is 0 Å². The number of rotatable bonds is 5. The fourth-order valence-electron chi connectivity index (χ4n) is 1.90. The fourth-order valence-corrected chi connectivity index (χ4v) is 1.90. The number of amides is 1. The van der Waals surface area contributed by atoms with Crippen LogP contribution in [-0.2, 0) is 11.3 Å². The summed E-state index contributed by atoms with van der Waals surface area (Å²) in [6.45, 7) is 2.86. The molecule has 1 fully saturated rings. The summed E-state index contributed by atoms with van der Waals surface area (Å²) in [6.07, 6.45) is 0.0658. The maximum atomic E-state index is 12.9. The predicted molar refractivity (Wildman–Crippen MR) is 60.8 cm³/mol. The van der Waals surface area contributed by atoms with Crippen molar-refractivity contribution in [3.8, 4) is 0 Å². The van der Waals surface area contributed by atoms with Gasteiger partial charge in [0, 0.05) is 25.3 Å². The zero-order chi connectivity index (χ0) is 14.3. The molecular formula is C11H15F2N3O3. The van der Waals surface area contributed by atoms with E-state index in [-0.39, 0.29) is 31.8 Å². The molecule has 1 saturated carbocycles. The maximum absolute atomic E-state index is 12.9. The number of nitrogens with one attached hydrogen (secondary N) is 1. The number of hydrogen-bond acceptors (Lipinski definition) is 4. The molecule has 0 radical (unpaired) electrons. The lowest BCUT2D eigenvalue weighted by Gasteiger charge is -2.10. The van der Waals surface area contributed by atoms with Gasteiger partial charge in [-0.25, -0.2) is 13.6 Å². The van der Waals surface area contributed by atoms with Crippen LogP contribution in [0.5, 0.6) is 0 Å². The van der Waals surface area contributed by atoms with E-state index in [2.05, 4.69) is 14.8 Å². The number of halogens is 2. The molecule has 1 aliphatic rings. The lowest BCUT2D eigenvalue weighted by molar-refractivity contribution is -0.122. The van der Waals surface area contributed by atoms with Crippen LogP contribution in [0.3, 0.4) is 0 Å². The van der Waals surface area contributed by atoms with Crippen molar-refractivity contribution in [3.63, 3.8) is 0 Å². The number of hydrogen-bond donors (Lipinski definition) is 1. The predicted octanol–water partition coefficient (Wildman–Crippen LogP) is 0.696. The minimum absolute atomic E-state index is 0.141. The maximum Gasteiger partial charge on any atom is 0.437 e. The summed E-state index contributed by atoms with van der Waals surface area (Å²) in [5.41, 5.74) is -1.01. The van der Waals surface area contributed by atoms with Crippen molar-refractivity contribution >= 4 is 5.91 Å². The average Bonchev–Trinajstić information content (AvgIpc) is 2.57. The Bertz CT molecular complexity index is 552. The largest absolute Gasteiger partial charge is 0.437 e. The molecule has 1 atom stereocenters. The first kappa shape index (κ1) is 13.7. The second-order valence-electron chi connectivity index (χ2n) is 5.09. The number of carbonyl (C=O) groups excluding carboxylic acids is 1. The average molecular weight is 275 g/mol. The zero-order valence-electron chi connectivity index (χ0n) is 10.7. The highest BCUT2D eigenvalue weighted by molar-refractivity contribution is 5.75. The van der Waals surface area contributed by atoms with Crippen molar-refractivity contribution in [2.75, 3.05) is 6.54 Å². The molecule has 1 unspecified atom stereocenters. The molecule has 0 aromatic carbocycles. The first-order valence-corrected chi connectivity index (χ1v) is 5.93. The Morgan fingerprint density at radius 1 is 1.58 bits per heavy atom. The first-order valence-electron chi connectivity index (χ1n) is 5.93. The minimum atomic E-state index is -2.63. The van der Waals surface area contributed by atoms with Gasteiger partial charge in [-0.1, -0.05) is 6.92 Å². The van der Waals surface area contributed by atoms with Gasteiger partial charge in [-0.05, 0) is 6.42 Å². The van der Waals surface area contributed by atoms with Crippen LogP contribution in [0.1, 0.15) is 25.7 Å². The fraction of sp³-hybridized carbons (Fsp3) is 0.727. The van der Waals surface area contributed by atoms with E-state index in [1.807, 2.05) is 0 Å². The molecule has 6 nitrogen and oxygen atoms in total. The normalized spacial score (nSPS) is 24.2. The highest BCUT2D eigenvalue weighted by Gasteiger charge is 2.66. The van der Waals surface area contributed by atoms with Gasteiger partial charge in [-0.2, -0.15) is 4.68 Å². The summed E-state index contributed by atoms with van der Waals surface area (Å²) in [5.74, 6) is -3.63. The molecule has 0 saturated heterocycles. The molecule has 1 heterocycles. The molecule has 1 amide bonds. The van der Waals surface area contributed by atoms with E-state index >= 15 is 0 Å². The van der Waals surface area contributed by atoms with Gasteiger partial charge >= 0.3 is 5.76 Å². The van der Waals surface area contributed by atoms with Gasteiger partial charge in [0.15, 0.2) is 0 Å². The van der Waals surface area contributed by atoms with E-state index < -0.39 is 23.0 Å². The van der Waals surface area contributed by atoms with Crippen molar-refractivity contribution in [2.24, 2.45) is 5.41 Å². The van der Waals surface area contributed by atoms with E-state index in [1.54, 1.807) is 0 Å². The molecule has 8 heteroatoms. The van der Waals surface area contributed by atoms with Crippen molar-refractivity contribution in [3.05, 3.63) is 16.4 Å². The van der Waals surface area contributed by atoms with Gasteiger partial charge in [-0.3, -0.25) is 4.79 Å². The van der Waals surface area contributed by atoms with E-state index in [1.165, 1.54) is 13.8 Å². The van der Waals surface area contributed by atoms with Crippen molar-refractivity contribution < 1.29 is 18.0 Å². The number of carbonyl (C=O) groups is 1. The van der Waals surface area contributed by atoms with E-state index in [0.29, 0.717) is 0 Å². The Hall–Kier alpha value is -1.73. The second-order valence-corrected chi connectivity index (χ2v) is 5.09. The van der Waals surface area contributed by atoms with E-state index in [0.717, 1.165) is 4.68 Å².